The van der Waals surface area contributed by atoms with E-state index >= 15 is 0 Å². The van der Waals surface area contributed by atoms with Crippen LogP contribution in [-0.4, -0.2) is 48.7 Å². The molecular formula is C32H41N3O3. The zero-order valence-corrected chi connectivity index (χ0v) is 23.5. The topological polar surface area (TPSA) is 75.5 Å². The first-order valence-corrected chi connectivity index (χ1v) is 14.0. The molecule has 0 spiro atoms. The van der Waals surface area contributed by atoms with E-state index in [-0.39, 0.29) is 12.0 Å². The average Bonchev–Trinajstić information content (AvgIpc) is 3.54. The molecule has 1 amide bonds. The third-order valence-electron chi connectivity index (χ3n) is 7.21. The zero-order chi connectivity index (χ0) is 27.5. The Morgan fingerprint density at radius 1 is 1.11 bits per heavy atom. The number of fused-ring (bicyclic) bond motifs is 1. The van der Waals surface area contributed by atoms with Crippen LogP contribution in [0, 0.1) is 16.7 Å². The number of hydrogen-bond donors (Lipinski definition) is 0. The molecule has 3 aromatic rings. The fourth-order valence-corrected chi connectivity index (χ4v) is 5.20. The lowest BCUT2D eigenvalue weighted by atomic mass is 9.75. The Morgan fingerprint density at radius 2 is 1.82 bits per heavy atom. The van der Waals surface area contributed by atoms with Crippen LogP contribution in [-0.2, 0) is 16.0 Å². The number of pyridine rings is 1. The fourth-order valence-electron chi connectivity index (χ4n) is 5.20. The van der Waals surface area contributed by atoms with Crippen LogP contribution in [0.4, 0.5) is 0 Å². The minimum Gasteiger partial charge on any atom is -0.494 e. The summed E-state index contributed by atoms with van der Waals surface area (Å²) in [5.74, 6) is 0.856. The van der Waals surface area contributed by atoms with E-state index in [4.69, 9.17) is 9.47 Å². The van der Waals surface area contributed by atoms with Gasteiger partial charge in [-0.2, -0.15) is 5.26 Å². The highest BCUT2D eigenvalue weighted by Crippen LogP contribution is 2.38. The quantitative estimate of drug-likeness (QED) is 0.373. The van der Waals surface area contributed by atoms with Gasteiger partial charge in [-0.15, -0.1) is 0 Å². The smallest absolute Gasteiger partial charge is 0.251 e. The van der Waals surface area contributed by atoms with E-state index in [0.717, 1.165) is 46.2 Å². The van der Waals surface area contributed by atoms with Gasteiger partial charge in [0.15, 0.2) is 5.75 Å². The first kappa shape index (κ1) is 29.1. The highest BCUT2D eigenvalue weighted by atomic mass is 16.5. The standard InChI is InChI=1S/C28H29N3O3.2C2H6/c1-33-26-23(11-10-22-4-2-14-30-25(22)26)21-8-6-20(7-9-21)18-28(19-29)12-15-31(16-13-28)27(32)24-5-3-17-34-24;2*1-2/h2,4,6-11,14,24H,3,5,12-13,15-18H2,1H3;2*1-2H3/t24-;;/m1../s1. The van der Waals surface area contributed by atoms with Crippen molar-refractivity contribution in [2.24, 2.45) is 5.41 Å². The van der Waals surface area contributed by atoms with Crippen LogP contribution in [0.15, 0.2) is 54.7 Å². The highest BCUT2D eigenvalue weighted by Gasteiger charge is 2.38. The van der Waals surface area contributed by atoms with E-state index in [1.54, 1.807) is 13.3 Å². The third kappa shape index (κ3) is 6.34. The minimum absolute atomic E-state index is 0.0900. The maximum absolute atomic E-state index is 12.7. The summed E-state index contributed by atoms with van der Waals surface area (Å²) in [6.07, 6.45) is 5.31. The lowest BCUT2D eigenvalue weighted by Gasteiger charge is -2.38. The summed E-state index contributed by atoms with van der Waals surface area (Å²) < 4.78 is 11.3. The molecule has 38 heavy (non-hydrogen) atoms. The van der Waals surface area contributed by atoms with Crippen molar-refractivity contribution in [3.8, 4) is 22.9 Å². The maximum Gasteiger partial charge on any atom is 0.251 e. The predicted octanol–water partition coefficient (Wildman–Crippen LogP) is 6.82. The van der Waals surface area contributed by atoms with Crippen molar-refractivity contribution in [2.45, 2.75) is 65.9 Å². The van der Waals surface area contributed by atoms with Crippen LogP contribution in [0.3, 0.4) is 0 Å². The molecular weight excluding hydrogens is 474 g/mol. The Labute approximate surface area is 227 Å². The van der Waals surface area contributed by atoms with Crippen molar-refractivity contribution in [1.29, 1.82) is 5.26 Å². The van der Waals surface area contributed by atoms with Gasteiger partial charge >= 0.3 is 0 Å². The van der Waals surface area contributed by atoms with Gasteiger partial charge < -0.3 is 14.4 Å². The van der Waals surface area contributed by atoms with E-state index < -0.39 is 5.41 Å². The Kier molecular flexibility index (Phi) is 10.7. The second-order valence-corrected chi connectivity index (χ2v) is 9.31. The number of methoxy groups -OCH3 is 1. The summed E-state index contributed by atoms with van der Waals surface area (Å²) in [6.45, 7) is 9.90. The van der Waals surface area contributed by atoms with Gasteiger partial charge in [0, 0.05) is 36.8 Å². The fraction of sp³-hybridized carbons (Fsp3) is 0.469. The molecule has 202 valence electrons. The Morgan fingerprint density at radius 3 is 2.42 bits per heavy atom. The van der Waals surface area contributed by atoms with Gasteiger partial charge in [0.1, 0.15) is 11.6 Å². The predicted molar refractivity (Wildman–Crippen MR) is 153 cm³/mol. The number of hydrogen-bond acceptors (Lipinski definition) is 5. The van der Waals surface area contributed by atoms with Crippen molar-refractivity contribution in [1.82, 2.24) is 9.88 Å². The summed E-state index contributed by atoms with van der Waals surface area (Å²) in [5.41, 5.74) is 3.58. The number of carbonyl (C=O) groups excluding carboxylic acids is 1. The summed E-state index contributed by atoms with van der Waals surface area (Å²) in [7, 11) is 1.67. The number of amides is 1. The molecule has 2 saturated heterocycles. The first-order chi connectivity index (χ1) is 18.6. The summed E-state index contributed by atoms with van der Waals surface area (Å²) in [6, 6.07) is 19.0. The van der Waals surface area contributed by atoms with Crippen LogP contribution >= 0.6 is 0 Å². The highest BCUT2D eigenvalue weighted by molar-refractivity contribution is 5.92. The monoisotopic (exact) mass is 515 g/mol. The molecule has 2 aromatic carbocycles. The van der Waals surface area contributed by atoms with Gasteiger partial charge in [-0.1, -0.05) is 64.1 Å². The van der Waals surface area contributed by atoms with E-state index in [1.807, 2.05) is 44.7 Å². The molecule has 0 radical (unpaired) electrons. The number of aromatic nitrogens is 1. The number of likely N-dealkylation sites (tertiary alicyclic amines) is 1. The number of rotatable bonds is 5. The molecule has 2 aliphatic heterocycles. The van der Waals surface area contributed by atoms with Gasteiger partial charge in [-0.3, -0.25) is 9.78 Å². The number of carbonyl (C=O) groups is 1. The van der Waals surface area contributed by atoms with E-state index in [9.17, 15) is 10.1 Å². The molecule has 0 bridgehead atoms. The molecule has 6 nitrogen and oxygen atoms in total. The van der Waals surface area contributed by atoms with Gasteiger partial charge in [0.05, 0.1) is 18.6 Å². The van der Waals surface area contributed by atoms with Crippen LogP contribution in [0.25, 0.3) is 22.0 Å². The molecule has 2 fully saturated rings. The normalized spacial score (nSPS) is 17.9. The number of nitriles is 1. The molecule has 0 saturated carbocycles. The van der Waals surface area contributed by atoms with Gasteiger partial charge in [-0.25, -0.2) is 0 Å². The molecule has 1 atom stereocenters. The summed E-state index contributed by atoms with van der Waals surface area (Å²) >= 11 is 0. The lowest BCUT2D eigenvalue weighted by Crippen LogP contribution is -2.47. The number of nitrogens with zero attached hydrogens (tertiary/aromatic N) is 3. The lowest BCUT2D eigenvalue weighted by molar-refractivity contribution is -0.142. The van der Waals surface area contributed by atoms with Gasteiger partial charge in [0.25, 0.3) is 5.91 Å². The molecule has 5 rings (SSSR count). The van der Waals surface area contributed by atoms with Crippen LogP contribution in [0.5, 0.6) is 5.75 Å². The first-order valence-electron chi connectivity index (χ1n) is 14.0. The molecule has 2 aliphatic rings. The SMILES string of the molecule is CC.CC.COc1c(-c2ccc(CC3(C#N)CCN(C(=O)[C@H]4CCCO4)CC3)cc2)ccc2cccnc12. The van der Waals surface area contributed by atoms with Crippen LogP contribution in [0.2, 0.25) is 0 Å². The van der Waals surface area contributed by atoms with Gasteiger partial charge in [0.2, 0.25) is 0 Å². The Bertz CT molecular complexity index is 1220. The summed E-state index contributed by atoms with van der Waals surface area (Å²) in [5, 5.41) is 11.1. The van der Waals surface area contributed by atoms with E-state index in [1.165, 1.54) is 0 Å². The second kappa shape index (κ2) is 13.9. The van der Waals surface area contributed by atoms with Crippen LogP contribution < -0.4 is 4.74 Å². The third-order valence-corrected chi connectivity index (χ3v) is 7.21. The largest absolute Gasteiger partial charge is 0.494 e. The molecule has 0 unspecified atom stereocenters. The second-order valence-electron chi connectivity index (χ2n) is 9.31. The Balaban J connectivity index is 0.000000956. The van der Waals surface area contributed by atoms with E-state index in [2.05, 4.69) is 47.5 Å². The van der Waals surface area contributed by atoms with Crippen LogP contribution in [0.1, 0.15) is 58.9 Å². The molecule has 6 heteroatoms. The number of benzene rings is 2. The minimum atomic E-state index is -0.445. The van der Waals surface area contributed by atoms with Crippen molar-refractivity contribution >= 4 is 16.8 Å². The maximum atomic E-state index is 12.7. The van der Waals surface area contributed by atoms with Gasteiger partial charge in [-0.05, 0) is 55.4 Å². The van der Waals surface area contributed by atoms with E-state index in [0.29, 0.717) is 39.0 Å². The Hall–Kier alpha value is -3.43. The molecule has 0 N–H and O–H groups in total. The van der Waals surface area contributed by atoms with Crippen molar-refractivity contribution in [3.63, 3.8) is 0 Å². The zero-order valence-electron chi connectivity index (χ0n) is 23.5. The summed E-state index contributed by atoms with van der Waals surface area (Å²) in [4.78, 5) is 19.1. The molecule has 0 aliphatic carbocycles. The number of piperidine rings is 1. The van der Waals surface area contributed by atoms with Crippen molar-refractivity contribution < 1.29 is 14.3 Å². The number of ether oxygens (including phenoxy) is 2. The van der Waals surface area contributed by atoms with Crippen molar-refractivity contribution in [2.75, 3.05) is 26.8 Å². The van der Waals surface area contributed by atoms with Crippen molar-refractivity contribution in [3.05, 3.63) is 60.3 Å². The molecule has 1 aromatic heterocycles. The molecule has 3 heterocycles. The average molecular weight is 516 g/mol.